The number of methoxy groups -OCH3 is 1. The predicted molar refractivity (Wildman–Crippen MR) is 106 cm³/mol. The van der Waals surface area contributed by atoms with Gasteiger partial charge in [0.2, 0.25) is 0 Å². The molecule has 29 heavy (non-hydrogen) atoms. The number of aromatic hydroxyl groups is 1. The summed E-state index contributed by atoms with van der Waals surface area (Å²) in [7, 11) is 1.27. The average Bonchev–Trinajstić information content (AvgIpc) is 2.68. The molecular formula is C22H25NO6. The molecule has 0 spiro atoms. The second kappa shape index (κ2) is 8.11. The van der Waals surface area contributed by atoms with E-state index < -0.39 is 17.9 Å². The normalized spacial score (nSPS) is 21.8. The van der Waals surface area contributed by atoms with E-state index in [4.69, 9.17) is 9.47 Å². The Morgan fingerprint density at radius 3 is 2.48 bits per heavy atom. The van der Waals surface area contributed by atoms with Crippen molar-refractivity contribution in [2.75, 3.05) is 18.6 Å². The lowest BCUT2D eigenvalue weighted by molar-refractivity contribution is -0.151. The summed E-state index contributed by atoms with van der Waals surface area (Å²) in [4.78, 5) is 39.9. The average molecular weight is 399 g/mol. The van der Waals surface area contributed by atoms with Crippen LogP contribution in [-0.4, -0.2) is 36.5 Å². The van der Waals surface area contributed by atoms with Crippen LogP contribution in [-0.2, 0) is 23.9 Å². The maximum absolute atomic E-state index is 13.2. The second-order valence-electron chi connectivity index (χ2n) is 7.28. The quantitative estimate of drug-likeness (QED) is 0.614. The minimum Gasteiger partial charge on any atom is -0.508 e. The molecule has 2 atom stereocenters. The molecule has 7 heteroatoms. The van der Waals surface area contributed by atoms with Gasteiger partial charge in [-0.15, -0.1) is 0 Å². The highest BCUT2D eigenvalue weighted by Crippen LogP contribution is 2.44. The highest BCUT2D eigenvalue weighted by molar-refractivity contribution is 6.11. The Morgan fingerprint density at radius 2 is 1.90 bits per heavy atom. The maximum Gasteiger partial charge on any atom is 0.336 e. The molecule has 0 radical (unpaired) electrons. The number of ketones is 1. The molecule has 0 aromatic heterocycles. The van der Waals surface area contributed by atoms with Gasteiger partial charge >= 0.3 is 11.9 Å². The lowest BCUT2D eigenvalue weighted by Crippen LogP contribution is -2.42. The molecule has 1 N–H and O–H groups in total. The highest BCUT2D eigenvalue weighted by atomic mass is 16.5. The zero-order valence-corrected chi connectivity index (χ0v) is 17.0. The number of hydrogen-bond donors (Lipinski definition) is 1. The summed E-state index contributed by atoms with van der Waals surface area (Å²) in [5.74, 6) is -2.38. The van der Waals surface area contributed by atoms with Crippen LogP contribution in [0.15, 0.2) is 46.8 Å². The van der Waals surface area contributed by atoms with Crippen LogP contribution in [0.3, 0.4) is 0 Å². The van der Waals surface area contributed by atoms with E-state index in [2.05, 4.69) is 0 Å². The summed E-state index contributed by atoms with van der Waals surface area (Å²) in [6.45, 7) is 5.60. The minimum absolute atomic E-state index is 0.117. The summed E-state index contributed by atoms with van der Waals surface area (Å²) >= 11 is 0. The number of anilines is 1. The van der Waals surface area contributed by atoms with Gasteiger partial charge in [0.25, 0.3) is 0 Å². The molecule has 0 saturated carbocycles. The molecule has 1 aliphatic carbocycles. The van der Waals surface area contributed by atoms with Crippen LogP contribution in [0.4, 0.5) is 5.69 Å². The van der Waals surface area contributed by atoms with Gasteiger partial charge in [0, 0.05) is 29.1 Å². The molecular weight excluding hydrogens is 374 g/mol. The van der Waals surface area contributed by atoms with Crippen molar-refractivity contribution in [2.24, 2.45) is 11.8 Å². The number of carbonyl (C=O) groups is 3. The van der Waals surface area contributed by atoms with E-state index in [1.165, 1.54) is 7.11 Å². The Bertz CT molecular complexity index is 912. The van der Waals surface area contributed by atoms with E-state index in [1.54, 1.807) is 31.2 Å². The van der Waals surface area contributed by atoms with Crippen molar-refractivity contribution in [3.8, 4) is 5.75 Å². The molecule has 1 heterocycles. The van der Waals surface area contributed by atoms with Crippen molar-refractivity contribution in [1.82, 2.24) is 0 Å². The summed E-state index contributed by atoms with van der Waals surface area (Å²) in [6, 6.07) is 6.54. The van der Waals surface area contributed by atoms with Gasteiger partial charge in [-0.25, -0.2) is 4.79 Å². The monoisotopic (exact) mass is 399 g/mol. The van der Waals surface area contributed by atoms with Crippen molar-refractivity contribution in [3.63, 3.8) is 0 Å². The van der Waals surface area contributed by atoms with Gasteiger partial charge in [0.1, 0.15) is 11.7 Å². The van der Waals surface area contributed by atoms with Gasteiger partial charge in [0.15, 0.2) is 5.78 Å². The zero-order valence-electron chi connectivity index (χ0n) is 17.0. The van der Waals surface area contributed by atoms with Crippen molar-refractivity contribution in [2.45, 2.75) is 33.6 Å². The molecule has 0 fully saturated rings. The molecule has 154 valence electrons. The SMILES string of the molecule is CCOC(=O)C1=C(C)N(c2ccc(O)cc2)C2=C(C1)C(=O)C(C(=O)OC)C(C)C2. The van der Waals surface area contributed by atoms with Crippen molar-refractivity contribution in [1.29, 1.82) is 0 Å². The Kier molecular flexibility index (Phi) is 5.77. The molecule has 1 aromatic carbocycles. The van der Waals surface area contributed by atoms with E-state index in [0.717, 1.165) is 5.70 Å². The maximum atomic E-state index is 13.2. The highest BCUT2D eigenvalue weighted by Gasteiger charge is 2.44. The number of hydrogen-bond acceptors (Lipinski definition) is 7. The summed E-state index contributed by atoms with van der Waals surface area (Å²) < 4.78 is 10.0. The molecule has 1 aliphatic heterocycles. The van der Waals surface area contributed by atoms with E-state index in [-0.39, 0.29) is 30.5 Å². The molecule has 0 bridgehead atoms. The van der Waals surface area contributed by atoms with Crippen molar-refractivity contribution in [3.05, 3.63) is 46.8 Å². The van der Waals surface area contributed by atoms with Gasteiger partial charge in [-0.2, -0.15) is 0 Å². The van der Waals surface area contributed by atoms with E-state index >= 15 is 0 Å². The minimum atomic E-state index is -0.887. The number of carbonyl (C=O) groups excluding carboxylic acids is 3. The summed E-state index contributed by atoms with van der Waals surface area (Å²) in [5, 5.41) is 9.65. The third kappa shape index (κ3) is 3.64. The van der Waals surface area contributed by atoms with Crippen LogP contribution in [0.2, 0.25) is 0 Å². The largest absolute Gasteiger partial charge is 0.508 e. The van der Waals surface area contributed by atoms with Crippen molar-refractivity contribution >= 4 is 23.4 Å². The fourth-order valence-electron chi connectivity index (χ4n) is 4.05. The van der Waals surface area contributed by atoms with E-state index in [9.17, 15) is 19.5 Å². The molecule has 0 amide bonds. The number of allylic oxidation sites excluding steroid dienone is 3. The summed E-state index contributed by atoms with van der Waals surface area (Å²) in [5.41, 5.74) is 2.96. The summed E-state index contributed by atoms with van der Waals surface area (Å²) in [6.07, 6.45) is 0.600. The van der Waals surface area contributed by atoms with E-state index in [0.29, 0.717) is 29.0 Å². The predicted octanol–water partition coefficient (Wildman–Crippen LogP) is 3.09. The van der Waals surface area contributed by atoms with Gasteiger partial charge in [-0.3, -0.25) is 9.59 Å². The molecule has 7 nitrogen and oxygen atoms in total. The number of ether oxygens (including phenoxy) is 2. The smallest absolute Gasteiger partial charge is 0.336 e. The molecule has 2 unspecified atom stereocenters. The first-order chi connectivity index (χ1) is 13.8. The molecule has 1 aromatic rings. The number of phenols is 1. The third-order valence-corrected chi connectivity index (χ3v) is 5.49. The Balaban J connectivity index is 2.14. The van der Waals surface area contributed by atoms with Crippen LogP contribution in [0, 0.1) is 11.8 Å². The first-order valence-corrected chi connectivity index (χ1v) is 9.60. The number of Topliss-reactive ketones (excluding diaryl/α,β-unsaturated/α-hetero) is 1. The van der Waals surface area contributed by atoms with Gasteiger partial charge in [0.05, 0.1) is 19.3 Å². The van der Waals surface area contributed by atoms with Crippen LogP contribution >= 0.6 is 0 Å². The molecule has 0 saturated heterocycles. The van der Waals surface area contributed by atoms with Gasteiger partial charge in [-0.05, 0) is 50.5 Å². The van der Waals surface area contributed by atoms with E-state index in [1.807, 2.05) is 18.7 Å². The fourth-order valence-corrected chi connectivity index (χ4v) is 4.05. The molecule has 3 rings (SSSR count). The lowest BCUT2D eigenvalue weighted by atomic mass is 9.74. The lowest BCUT2D eigenvalue weighted by Gasteiger charge is -2.40. The Morgan fingerprint density at radius 1 is 1.24 bits per heavy atom. The number of benzene rings is 1. The topological polar surface area (TPSA) is 93.1 Å². The number of nitrogens with zero attached hydrogens (tertiary/aromatic N) is 1. The first-order valence-electron chi connectivity index (χ1n) is 9.60. The molecule has 2 aliphatic rings. The van der Waals surface area contributed by atoms with Gasteiger partial charge < -0.3 is 19.5 Å². The Labute approximate surface area is 169 Å². The van der Waals surface area contributed by atoms with Crippen LogP contribution < -0.4 is 4.90 Å². The van der Waals surface area contributed by atoms with Crippen LogP contribution in [0.5, 0.6) is 5.75 Å². The fraction of sp³-hybridized carbons (Fsp3) is 0.409. The first kappa shape index (κ1) is 20.6. The zero-order chi connectivity index (χ0) is 21.3. The van der Waals surface area contributed by atoms with Crippen LogP contribution in [0.1, 0.15) is 33.6 Å². The van der Waals surface area contributed by atoms with Crippen molar-refractivity contribution < 1.29 is 29.0 Å². The second-order valence-corrected chi connectivity index (χ2v) is 7.28. The third-order valence-electron chi connectivity index (χ3n) is 5.49. The van der Waals surface area contributed by atoms with Crippen LogP contribution in [0.25, 0.3) is 0 Å². The number of phenolic OH excluding ortho intramolecular Hbond substituents is 1. The number of esters is 2. The standard InChI is InChI=1S/C22H25NO6/c1-5-29-21(26)16-11-17-18(10-12(2)19(20(17)25)22(27)28-4)23(13(16)3)14-6-8-15(24)9-7-14/h6-9,12,19,24H,5,10-11H2,1-4H3. The number of rotatable bonds is 4. The van der Waals surface area contributed by atoms with Gasteiger partial charge in [-0.1, -0.05) is 6.92 Å². The Hall–Kier alpha value is -3.09.